The number of hydrogen-bond acceptors (Lipinski definition) is 6. The van der Waals surface area contributed by atoms with Crippen LogP contribution < -0.4 is 10.6 Å². The Hall–Kier alpha value is -2.22. The number of aromatic nitrogens is 3. The summed E-state index contributed by atoms with van der Waals surface area (Å²) in [5.74, 6) is 7.66. The molecule has 0 spiro atoms. The Kier molecular flexibility index (Phi) is 7.64. The van der Waals surface area contributed by atoms with Crippen molar-refractivity contribution in [3.05, 3.63) is 35.2 Å². The normalized spacial score (nSPS) is 15.7. The molecular formula is C22H33N5O2S. The number of hydrogen-bond donors (Lipinski definition) is 1. The maximum absolute atomic E-state index is 13.1. The molecule has 2 N–H and O–H groups in total. The van der Waals surface area contributed by atoms with E-state index in [1.807, 2.05) is 37.8 Å². The number of ether oxygens (including phenoxy) is 1. The molecule has 8 heteroatoms. The van der Waals surface area contributed by atoms with E-state index in [0.717, 1.165) is 30.7 Å². The maximum atomic E-state index is 13.1. The Labute approximate surface area is 183 Å². The molecule has 30 heavy (non-hydrogen) atoms. The predicted molar refractivity (Wildman–Crippen MR) is 120 cm³/mol. The van der Waals surface area contributed by atoms with E-state index >= 15 is 0 Å². The van der Waals surface area contributed by atoms with Gasteiger partial charge in [-0.05, 0) is 52.2 Å². The smallest absolute Gasteiger partial charge is 0.236 e. The van der Waals surface area contributed by atoms with E-state index in [1.165, 1.54) is 41.3 Å². The lowest BCUT2D eigenvalue weighted by molar-refractivity contribution is -0.133. The molecule has 3 rings (SSSR count). The van der Waals surface area contributed by atoms with E-state index in [2.05, 4.69) is 23.2 Å². The molecule has 0 aliphatic heterocycles. The summed E-state index contributed by atoms with van der Waals surface area (Å²) in [6.07, 6.45) is 5.89. The van der Waals surface area contributed by atoms with Crippen LogP contribution in [0.4, 0.5) is 0 Å². The van der Waals surface area contributed by atoms with Crippen molar-refractivity contribution in [2.45, 2.75) is 82.9 Å². The summed E-state index contributed by atoms with van der Waals surface area (Å²) in [4.78, 5) is 15.1. The molecule has 7 nitrogen and oxygen atoms in total. The third-order valence-corrected chi connectivity index (χ3v) is 6.74. The molecular weight excluding hydrogens is 398 g/mol. The lowest BCUT2D eigenvalue weighted by Gasteiger charge is -2.35. The number of nitrogens with zero attached hydrogens (tertiary/aromatic N) is 4. The number of benzene rings is 1. The molecule has 0 saturated heterocycles. The van der Waals surface area contributed by atoms with Crippen molar-refractivity contribution in [2.24, 2.45) is 0 Å². The largest absolute Gasteiger partial charge is 0.485 e. The Morgan fingerprint density at radius 1 is 1.30 bits per heavy atom. The third-order valence-electron chi connectivity index (χ3n) is 5.69. The predicted octanol–water partition coefficient (Wildman–Crippen LogP) is 3.85. The number of thioether (sulfide) groups is 1. The highest BCUT2D eigenvalue weighted by atomic mass is 32.2. The molecule has 1 heterocycles. The fourth-order valence-electron chi connectivity index (χ4n) is 4.02. The first-order valence-electron chi connectivity index (χ1n) is 10.8. The lowest BCUT2D eigenvalue weighted by Crippen LogP contribution is -2.44. The van der Waals surface area contributed by atoms with Crippen molar-refractivity contribution in [1.82, 2.24) is 19.8 Å². The van der Waals surface area contributed by atoms with Gasteiger partial charge < -0.3 is 15.5 Å². The van der Waals surface area contributed by atoms with Crippen molar-refractivity contribution >= 4 is 17.7 Å². The van der Waals surface area contributed by atoms with Crippen LogP contribution in [-0.4, -0.2) is 43.5 Å². The van der Waals surface area contributed by atoms with Crippen LogP contribution in [-0.2, 0) is 11.4 Å². The van der Waals surface area contributed by atoms with Crippen LogP contribution in [0.25, 0.3) is 0 Å². The highest BCUT2D eigenvalue weighted by molar-refractivity contribution is 8.00. The summed E-state index contributed by atoms with van der Waals surface area (Å²) in [5.41, 5.74) is 2.25. The van der Waals surface area contributed by atoms with Crippen LogP contribution >= 0.6 is 11.8 Å². The minimum absolute atomic E-state index is 0.144. The number of amides is 1. The molecule has 1 aliphatic carbocycles. The van der Waals surface area contributed by atoms with E-state index in [-0.39, 0.29) is 17.8 Å². The van der Waals surface area contributed by atoms with Gasteiger partial charge in [-0.25, -0.2) is 4.68 Å². The molecule has 1 aliphatic rings. The molecule has 0 unspecified atom stereocenters. The Morgan fingerprint density at radius 2 is 2.03 bits per heavy atom. The number of aryl methyl sites for hydroxylation is 2. The average Bonchev–Trinajstić information content (AvgIpc) is 3.08. The highest BCUT2D eigenvalue weighted by Crippen LogP contribution is 2.27. The van der Waals surface area contributed by atoms with Crippen molar-refractivity contribution in [3.63, 3.8) is 0 Å². The SMILES string of the molecule is CCN(C(=O)[C@H](C)Sc1nnc(COc2ccc(C)cc2C)n1N)C1CCCCC1. The van der Waals surface area contributed by atoms with Crippen molar-refractivity contribution in [1.29, 1.82) is 0 Å². The molecule has 0 bridgehead atoms. The number of nitrogen functional groups attached to an aromatic ring is 1. The molecule has 1 aromatic carbocycles. The Balaban J connectivity index is 1.61. The fraction of sp³-hybridized carbons (Fsp3) is 0.591. The molecule has 1 aromatic heterocycles. The van der Waals surface area contributed by atoms with E-state index < -0.39 is 0 Å². The quantitative estimate of drug-likeness (QED) is 0.505. The van der Waals surface area contributed by atoms with Gasteiger partial charge in [0, 0.05) is 12.6 Å². The van der Waals surface area contributed by atoms with E-state index in [4.69, 9.17) is 10.6 Å². The zero-order valence-electron chi connectivity index (χ0n) is 18.4. The van der Waals surface area contributed by atoms with Gasteiger partial charge in [0.15, 0.2) is 5.82 Å². The van der Waals surface area contributed by atoms with Crippen molar-refractivity contribution in [3.8, 4) is 5.75 Å². The summed E-state index contributed by atoms with van der Waals surface area (Å²) < 4.78 is 7.30. The van der Waals surface area contributed by atoms with Gasteiger partial charge in [0.25, 0.3) is 0 Å². The summed E-state index contributed by atoms with van der Waals surface area (Å²) in [6, 6.07) is 6.39. The first-order valence-corrected chi connectivity index (χ1v) is 11.6. The van der Waals surface area contributed by atoms with Crippen molar-refractivity contribution in [2.75, 3.05) is 12.4 Å². The molecule has 164 valence electrons. The number of carbonyl (C=O) groups excluding carboxylic acids is 1. The highest BCUT2D eigenvalue weighted by Gasteiger charge is 2.29. The van der Waals surface area contributed by atoms with Gasteiger partial charge in [0.2, 0.25) is 11.1 Å². The summed E-state index contributed by atoms with van der Waals surface area (Å²) in [7, 11) is 0. The molecule has 2 aromatic rings. The average molecular weight is 432 g/mol. The fourth-order valence-corrected chi connectivity index (χ4v) is 4.88. The second-order valence-electron chi connectivity index (χ2n) is 8.00. The monoisotopic (exact) mass is 431 g/mol. The minimum atomic E-state index is -0.272. The van der Waals surface area contributed by atoms with Crippen LogP contribution in [0.3, 0.4) is 0 Å². The van der Waals surface area contributed by atoms with E-state index in [0.29, 0.717) is 17.0 Å². The molecule has 1 fully saturated rings. The first-order chi connectivity index (χ1) is 14.4. The van der Waals surface area contributed by atoms with Crippen LogP contribution in [0, 0.1) is 13.8 Å². The van der Waals surface area contributed by atoms with E-state index in [9.17, 15) is 4.79 Å². The van der Waals surface area contributed by atoms with E-state index in [1.54, 1.807) is 0 Å². The number of carbonyl (C=O) groups is 1. The Bertz CT molecular complexity index is 863. The molecule has 1 saturated carbocycles. The van der Waals surface area contributed by atoms with Gasteiger partial charge in [-0.2, -0.15) is 0 Å². The van der Waals surface area contributed by atoms with Gasteiger partial charge in [-0.1, -0.05) is 48.7 Å². The molecule has 1 atom stereocenters. The van der Waals surface area contributed by atoms with Crippen LogP contribution in [0.15, 0.2) is 23.4 Å². The standard InChI is InChI=1S/C22H33N5O2S/c1-5-26(18-9-7-6-8-10-18)21(28)17(4)30-22-25-24-20(27(22)23)14-29-19-12-11-15(2)13-16(19)3/h11-13,17-18H,5-10,14,23H2,1-4H3/t17-/m0/s1. The zero-order valence-corrected chi connectivity index (χ0v) is 19.2. The summed E-state index contributed by atoms with van der Waals surface area (Å²) in [6.45, 7) is 8.98. The van der Waals surface area contributed by atoms with Gasteiger partial charge in [0.05, 0.1) is 5.25 Å². The van der Waals surface area contributed by atoms with Crippen LogP contribution in [0.5, 0.6) is 5.75 Å². The number of nitrogens with two attached hydrogens (primary N) is 1. The zero-order chi connectivity index (χ0) is 21.7. The molecule has 0 radical (unpaired) electrons. The second kappa shape index (κ2) is 10.2. The van der Waals surface area contributed by atoms with Crippen LogP contribution in [0.1, 0.15) is 62.9 Å². The summed E-state index contributed by atoms with van der Waals surface area (Å²) >= 11 is 1.35. The van der Waals surface area contributed by atoms with Gasteiger partial charge >= 0.3 is 0 Å². The second-order valence-corrected chi connectivity index (χ2v) is 9.31. The third kappa shape index (κ3) is 5.28. The van der Waals surface area contributed by atoms with Crippen molar-refractivity contribution < 1.29 is 9.53 Å². The lowest BCUT2D eigenvalue weighted by atomic mass is 9.94. The first kappa shape index (κ1) is 22.5. The Morgan fingerprint density at radius 3 is 2.70 bits per heavy atom. The van der Waals surface area contributed by atoms with Gasteiger partial charge in [-0.15, -0.1) is 10.2 Å². The number of rotatable bonds is 8. The van der Waals surface area contributed by atoms with Crippen LogP contribution in [0.2, 0.25) is 0 Å². The topological polar surface area (TPSA) is 86.3 Å². The molecule has 1 amide bonds. The summed E-state index contributed by atoms with van der Waals surface area (Å²) in [5, 5.41) is 8.60. The van der Waals surface area contributed by atoms with Gasteiger partial charge in [0.1, 0.15) is 12.4 Å². The van der Waals surface area contributed by atoms with Gasteiger partial charge in [-0.3, -0.25) is 4.79 Å². The maximum Gasteiger partial charge on any atom is 0.236 e. The minimum Gasteiger partial charge on any atom is -0.485 e.